The number of aryl methyl sites for hydroxylation is 1. The summed E-state index contributed by atoms with van der Waals surface area (Å²) in [4.78, 5) is 0. The molecule has 0 saturated heterocycles. The Kier molecular flexibility index (Phi) is 3.43. The molecule has 0 radical (unpaired) electrons. The van der Waals surface area contributed by atoms with Crippen LogP contribution in [0.3, 0.4) is 0 Å². The summed E-state index contributed by atoms with van der Waals surface area (Å²) in [6.45, 7) is 2.05. The fraction of sp³-hybridized carbons (Fsp3) is 0.278. The standard InChI is InChI=1S/C18H18N2/c1-13-4-2-3-5-17(13)20-18(12-19)16-10-8-15(9-11-16)14-6-7-14/h2-5,8-11,14,18,20H,6-7H2,1H3. The van der Waals surface area contributed by atoms with E-state index in [-0.39, 0.29) is 6.04 Å². The third-order valence-corrected chi connectivity index (χ3v) is 3.89. The minimum Gasteiger partial charge on any atom is -0.366 e. The van der Waals surface area contributed by atoms with Crippen LogP contribution in [0, 0.1) is 18.3 Å². The molecule has 1 aliphatic carbocycles. The summed E-state index contributed by atoms with van der Waals surface area (Å²) in [5, 5.41) is 12.7. The average molecular weight is 262 g/mol. The fourth-order valence-corrected chi connectivity index (χ4v) is 2.46. The van der Waals surface area contributed by atoms with Crippen molar-refractivity contribution in [3.8, 4) is 6.07 Å². The Labute approximate surface area is 120 Å². The van der Waals surface area contributed by atoms with Crippen molar-refractivity contribution >= 4 is 5.69 Å². The Morgan fingerprint density at radius 3 is 2.40 bits per heavy atom. The fourth-order valence-electron chi connectivity index (χ4n) is 2.46. The smallest absolute Gasteiger partial charge is 0.140 e. The molecule has 1 atom stereocenters. The van der Waals surface area contributed by atoms with Gasteiger partial charge in [0.25, 0.3) is 0 Å². The van der Waals surface area contributed by atoms with Gasteiger partial charge in [-0.05, 0) is 48.4 Å². The van der Waals surface area contributed by atoms with E-state index in [0.29, 0.717) is 0 Å². The van der Waals surface area contributed by atoms with E-state index >= 15 is 0 Å². The lowest BCUT2D eigenvalue weighted by atomic mass is 10.0. The van der Waals surface area contributed by atoms with E-state index in [1.165, 1.54) is 18.4 Å². The van der Waals surface area contributed by atoms with Crippen molar-refractivity contribution in [3.63, 3.8) is 0 Å². The summed E-state index contributed by atoms with van der Waals surface area (Å²) in [6.07, 6.45) is 2.62. The Morgan fingerprint density at radius 1 is 1.10 bits per heavy atom. The van der Waals surface area contributed by atoms with Crippen molar-refractivity contribution in [2.45, 2.75) is 31.7 Å². The van der Waals surface area contributed by atoms with E-state index in [2.05, 4.69) is 35.7 Å². The summed E-state index contributed by atoms with van der Waals surface area (Å²) in [7, 11) is 0. The largest absolute Gasteiger partial charge is 0.366 e. The zero-order valence-electron chi connectivity index (χ0n) is 11.6. The minimum atomic E-state index is -0.302. The molecule has 0 spiro atoms. The minimum absolute atomic E-state index is 0.302. The van der Waals surface area contributed by atoms with Crippen LogP contribution in [0.2, 0.25) is 0 Å². The second-order valence-electron chi connectivity index (χ2n) is 5.46. The van der Waals surface area contributed by atoms with Crippen LogP contribution in [0.15, 0.2) is 48.5 Å². The first-order chi connectivity index (χ1) is 9.78. The summed E-state index contributed by atoms with van der Waals surface area (Å²) < 4.78 is 0. The van der Waals surface area contributed by atoms with Gasteiger partial charge in [0.05, 0.1) is 6.07 Å². The molecule has 2 aromatic rings. The number of para-hydroxylation sites is 1. The molecule has 3 rings (SSSR count). The number of hydrogen-bond donors (Lipinski definition) is 1. The van der Waals surface area contributed by atoms with Crippen molar-refractivity contribution in [2.75, 3.05) is 5.32 Å². The number of nitriles is 1. The molecule has 1 fully saturated rings. The van der Waals surface area contributed by atoms with E-state index in [1.807, 2.05) is 31.2 Å². The zero-order valence-corrected chi connectivity index (χ0v) is 11.6. The molecule has 2 aromatic carbocycles. The van der Waals surface area contributed by atoms with Gasteiger partial charge >= 0.3 is 0 Å². The first-order valence-corrected chi connectivity index (χ1v) is 7.09. The second kappa shape index (κ2) is 5.38. The van der Waals surface area contributed by atoms with E-state index in [9.17, 15) is 5.26 Å². The van der Waals surface area contributed by atoms with E-state index in [1.54, 1.807) is 0 Å². The summed E-state index contributed by atoms with van der Waals surface area (Å²) in [5.41, 5.74) is 4.61. The molecule has 0 aliphatic heterocycles. The molecule has 0 bridgehead atoms. The van der Waals surface area contributed by atoms with Gasteiger partial charge in [0.15, 0.2) is 0 Å². The van der Waals surface area contributed by atoms with Crippen LogP contribution in [-0.2, 0) is 0 Å². The molecule has 0 amide bonds. The number of hydrogen-bond acceptors (Lipinski definition) is 2. The molecule has 1 unspecified atom stereocenters. The van der Waals surface area contributed by atoms with Crippen LogP contribution in [0.25, 0.3) is 0 Å². The van der Waals surface area contributed by atoms with Crippen molar-refractivity contribution in [2.24, 2.45) is 0 Å². The van der Waals surface area contributed by atoms with Gasteiger partial charge in [-0.25, -0.2) is 0 Å². The number of benzene rings is 2. The van der Waals surface area contributed by atoms with E-state index in [0.717, 1.165) is 22.7 Å². The summed E-state index contributed by atoms with van der Waals surface area (Å²) in [6, 6.07) is 18.6. The highest BCUT2D eigenvalue weighted by Crippen LogP contribution is 2.40. The predicted molar refractivity (Wildman–Crippen MR) is 81.6 cm³/mol. The van der Waals surface area contributed by atoms with Crippen LogP contribution in [-0.4, -0.2) is 0 Å². The SMILES string of the molecule is Cc1ccccc1NC(C#N)c1ccc(C2CC2)cc1. The van der Waals surface area contributed by atoms with Crippen LogP contribution < -0.4 is 5.32 Å². The second-order valence-corrected chi connectivity index (χ2v) is 5.46. The van der Waals surface area contributed by atoms with Gasteiger partial charge in [-0.1, -0.05) is 42.5 Å². The number of rotatable bonds is 4. The van der Waals surface area contributed by atoms with Crippen LogP contribution in [0.1, 0.15) is 41.5 Å². The Balaban J connectivity index is 1.79. The Hall–Kier alpha value is -2.27. The quantitative estimate of drug-likeness (QED) is 0.877. The predicted octanol–water partition coefficient (Wildman–Crippen LogP) is 4.55. The molecular weight excluding hydrogens is 244 g/mol. The third-order valence-electron chi connectivity index (χ3n) is 3.89. The van der Waals surface area contributed by atoms with Crippen molar-refractivity contribution in [1.82, 2.24) is 0 Å². The third kappa shape index (κ3) is 2.67. The first kappa shape index (κ1) is 12.7. The van der Waals surface area contributed by atoms with E-state index in [4.69, 9.17) is 0 Å². The molecule has 1 saturated carbocycles. The zero-order chi connectivity index (χ0) is 13.9. The maximum Gasteiger partial charge on any atom is 0.140 e. The van der Waals surface area contributed by atoms with Gasteiger partial charge in [-0.15, -0.1) is 0 Å². The van der Waals surface area contributed by atoms with Crippen molar-refractivity contribution < 1.29 is 0 Å². The van der Waals surface area contributed by atoms with Crippen LogP contribution >= 0.6 is 0 Å². The molecule has 0 heterocycles. The maximum atomic E-state index is 9.41. The van der Waals surface area contributed by atoms with Gasteiger partial charge in [0.2, 0.25) is 0 Å². The molecule has 1 aliphatic rings. The lowest BCUT2D eigenvalue weighted by Crippen LogP contribution is -2.09. The van der Waals surface area contributed by atoms with Crippen molar-refractivity contribution in [1.29, 1.82) is 5.26 Å². The molecule has 2 nitrogen and oxygen atoms in total. The molecule has 20 heavy (non-hydrogen) atoms. The van der Waals surface area contributed by atoms with Gasteiger partial charge in [0, 0.05) is 5.69 Å². The lowest BCUT2D eigenvalue weighted by molar-refractivity contribution is 0.987. The van der Waals surface area contributed by atoms with Gasteiger partial charge in [-0.2, -0.15) is 5.26 Å². The molecule has 1 N–H and O–H groups in total. The van der Waals surface area contributed by atoms with Gasteiger partial charge < -0.3 is 5.32 Å². The first-order valence-electron chi connectivity index (χ1n) is 7.09. The molecule has 2 heteroatoms. The lowest BCUT2D eigenvalue weighted by Gasteiger charge is -2.15. The Bertz CT molecular complexity index is 633. The molecule has 0 aromatic heterocycles. The summed E-state index contributed by atoms with van der Waals surface area (Å²) >= 11 is 0. The van der Waals surface area contributed by atoms with Gasteiger partial charge in [-0.3, -0.25) is 0 Å². The number of anilines is 1. The normalized spacial score (nSPS) is 15.4. The highest BCUT2D eigenvalue weighted by Gasteiger charge is 2.23. The monoisotopic (exact) mass is 262 g/mol. The topological polar surface area (TPSA) is 35.8 Å². The van der Waals surface area contributed by atoms with Crippen LogP contribution in [0.4, 0.5) is 5.69 Å². The summed E-state index contributed by atoms with van der Waals surface area (Å²) in [5.74, 6) is 0.758. The molecular formula is C18H18N2. The highest BCUT2D eigenvalue weighted by molar-refractivity contribution is 5.53. The van der Waals surface area contributed by atoms with Crippen LogP contribution in [0.5, 0.6) is 0 Å². The maximum absolute atomic E-state index is 9.41. The van der Waals surface area contributed by atoms with E-state index < -0.39 is 0 Å². The number of nitrogens with one attached hydrogen (secondary N) is 1. The Morgan fingerprint density at radius 2 is 1.80 bits per heavy atom. The molecule has 100 valence electrons. The van der Waals surface area contributed by atoms with Crippen molar-refractivity contribution in [3.05, 3.63) is 65.2 Å². The highest BCUT2D eigenvalue weighted by atomic mass is 14.9. The van der Waals surface area contributed by atoms with Gasteiger partial charge in [0.1, 0.15) is 6.04 Å². The average Bonchev–Trinajstić information content (AvgIpc) is 3.31. The number of nitrogens with zero attached hydrogens (tertiary/aromatic N) is 1.